The van der Waals surface area contributed by atoms with E-state index in [-0.39, 0.29) is 24.3 Å². The van der Waals surface area contributed by atoms with E-state index in [0.717, 1.165) is 5.69 Å². The number of likely N-dealkylation sites (tertiary alicyclic amines) is 1. The summed E-state index contributed by atoms with van der Waals surface area (Å²) in [6.07, 6.45) is 1.27. The zero-order chi connectivity index (χ0) is 18.2. The Bertz CT molecular complexity index is 606. The van der Waals surface area contributed by atoms with Crippen LogP contribution in [0.4, 0.5) is 5.69 Å². The van der Waals surface area contributed by atoms with Gasteiger partial charge in [0.05, 0.1) is 31.7 Å². The number of amides is 1. The van der Waals surface area contributed by atoms with E-state index in [1.165, 1.54) is 7.11 Å². The lowest BCUT2D eigenvalue weighted by Gasteiger charge is -2.31. The van der Waals surface area contributed by atoms with Gasteiger partial charge >= 0.3 is 11.9 Å². The molecule has 2 rings (SSSR count). The molecule has 0 atom stereocenters. The summed E-state index contributed by atoms with van der Waals surface area (Å²) in [7, 11) is 1.33. The average molecular weight is 348 g/mol. The molecule has 7 heteroatoms. The summed E-state index contributed by atoms with van der Waals surface area (Å²) in [5, 5.41) is 3.05. The van der Waals surface area contributed by atoms with E-state index in [0.29, 0.717) is 38.1 Å². The number of ether oxygens (including phenoxy) is 2. The highest BCUT2D eigenvalue weighted by Crippen LogP contribution is 2.19. The molecule has 7 nitrogen and oxygen atoms in total. The van der Waals surface area contributed by atoms with Crippen molar-refractivity contribution in [3.05, 3.63) is 29.8 Å². The van der Waals surface area contributed by atoms with Gasteiger partial charge in [-0.2, -0.15) is 0 Å². The van der Waals surface area contributed by atoms with Crippen LogP contribution in [0.5, 0.6) is 0 Å². The van der Waals surface area contributed by atoms with Crippen LogP contribution < -0.4 is 5.32 Å². The van der Waals surface area contributed by atoms with Crippen LogP contribution in [0.3, 0.4) is 0 Å². The van der Waals surface area contributed by atoms with E-state index >= 15 is 0 Å². The molecule has 0 spiro atoms. The molecule has 1 aromatic carbocycles. The van der Waals surface area contributed by atoms with Crippen LogP contribution >= 0.6 is 0 Å². The summed E-state index contributed by atoms with van der Waals surface area (Å²) in [6, 6.07) is 6.74. The number of nitrogens with one attached hydrogen (secondary N) is 1. The predicted octanol–water partition coefficient (Wildman–Crippen LogP) is 1.69. The first-order chi connectivity index (χ1) is 12.0. The quantitative estimate of drug-likeness (QED) is 0.788. The van der Waals surface area contributed by atoms with Crippen molar-refractivity contribution in [2.45, 2.75) is 19.8 Å². The smallest absolute Gasteiger partial charge is 0.337 e. The predicted molar refractivity (Wildman–Crippen MR) is 92.2 cm³/mol. The largest absolute Gasteiger partial charge is 0.466 e. The molecule has 1 aliphatic rings. The molecule has 0 aromatic heterocycles. The second kappa shape index (κ2) is 9.05. The zero-order valence-corrected chi connectivity index (χ0v) is 14.6. The van der Waals surface area contributed by atoms with Crippen LogP contribution in [0.1, 0.15) is 30.1 Å². The molecular weight excluding hydrogens is 324 g/mol. The Balaban J connectivity index is 1.77. The van der Waals surface area contributed by atoms with E-state index in [4.69, 9.17) is 4.74 Å². The normalized spacial score (nSPS) is 14.7. The lowest BCUT2D eigenvalue weighted by molar-refractivity contribution is -0.151. The third-order valence-electron chi connectivity index (χ3n) is 4.22. The summed E-state index contributed by atoms with van der Waals surface area (Å²) >= 11 is 0. The van der Waals surface area contributed by atoms with E-state index < -0.39 is 5.97 Å². The Kier molecular flexibility index (Phi) is 6.80. The van der Waals surface area contributed by atoms with Crippen LogP contribution in [0.15, 0.2) is 24.3 Å². The third kappa shape index (κ3) is 5.20. The molecule has 0 radical (unpaired) electrons. The molecule has 1 saturated heterocycles. The Morgan fingerprint density at radius 3 is 2.36 bits per heavy atom. The first kappa shape index (κ1) is 18.8. The highest BCUT2D eigenvalue weighted by Gasteiger charge is 2.27. The van der Waals surface area contributed by atoms with E-state index in [1.807, 2.05) is 0 Å². The fraction of sp³-hybridized carbons (Fsp3) is 0.500. The fourth-order valence-corrected chi connectivity index (χ4v) is 2.76. The minimum absolute atomic E-state index is 0.0145. The molecule has 0 unspecified atom stereocenters. The van der Waals surface area contributed by atoms with Crippen LogP contribution in [0.2, 0.25) is 0 Å². The summed E-state index contributed by atoms with van der Waals surface area (Å²) < 4.78 is 9.67. The van der Waals surface area contributed by atoms with Crippen molar-refractivity contribution < 1.29 is 23.9 Å². The topological polar surface area (TPSA) is 84.9 Å². The molecule has 1 aliphatic heterocycles. The number of anilines is 1. The molecule has 1 amide bonds. The molecule has 1 aromatic rings. The van der Waals surface area contributed by atoms with Crippen molar-refractivity contribution in [2.75, 3.05) is 38.7 Å². The highest BCUT2D eigenvalue weighted by molar-refractivity contribution is 5.89. The summed E-state index contributed by atoms with van der Waals surface area (Å²) in [6.45, 7) is 3.47. The Morgan fingerprint density at radius 2 is 1.80 bits per heavy atom. The number of carbonyl (C=O) groups excluding carboxylic acids is 3. The standard InChI is InChI=1S/C18H24N2O5/c1-3-25-18(23)14-8-10-20(11-9-14)16(21)12-19-15-6-4-13(5-7-15)17(22)24-2/h4-7,14,19H,3,8-12H2,1-2H3. The number of rotatable bonds is 6. The molecule has 1 fully saturated rings. The van der Waals surface area contributed by atoms with Crippen molar-refractivity contribution in [3.63, 3.8) is 0 Å². The minimum atomic E-state index is -0.396. The number of carbonyl (C=O) groups is 3. The van der Waals surface area contributed by atoms with Gasteiger partial charge in [-0.05, 0) is 44.0 Å². The van der Waals surface area contributed by atoms with Crippen molar-refractivity contribution >= 4 is 23.5 Å². The molecule has 1 heterocycles. The van der Waals surface area contributed by atoms with E-state index in [2.05, 4.69) is 10.1 Å². The van der Waals surface area contributed by atoms with Crippen LogP contribution in [-0.4, -0.2) is 56.1 Å². The maximum atomic E-state index is 12.3. The van der Waals surface area contributed by atoms with Crippen LogP contribution in [0, 0.1) is 5.92 Å². The molecule has 0 aliphatic carbocycles. The van der Waals surface area contributed by atoms with E-state index in [9.17, 15) is 14.4 Å². The summed E-state index contributed by atoms with van der Waals surface area (Å²) in [5.74, 6) is -0.687. The number of nitrogens with zero attached hydrogens (tertiary/aromatic N) is 1. The van der Waals surface area contributed by atoms with Crippen molar-refractivity contribution in [1.82, 2.24) is 4.90 Å². The highest BCUT2D eigenvalue weighted by atomic mass is 16.5. The molecule has 25 heavy (non-hydrogen) atoms. The Labute approximate surface area is 147 Å². The van der Waals surface area contributed by atoms with Crippen molar-refractivity contribution in [3.8, 4) is 0 Å². The second-order valence-electron chi connectivity index (χ2n) is 5.83. The zero-order valence-electron chi connectivity index (χ0n) is 14.6. The van der Waals surface area contributed by atoms with Gasteiger partial charge in [-0.3, -0.25) is 9.59 Å². The van der Waals surface area contributed by atoms with Crippen LogP contribution in [0.25, 0.3) is 0 Å². The fourth-order valence-electron chi connectivity index (χ4n) is 2.76. The second-order valence-corrected chi connectivity index (χ2v) is 5.83. The van der Waals surface area contributed by atoms with Gasteiger partial charge in [0.2, 0.25) is 5.91 Å². The van der Waals surface area contributed by atoms with Crippen molar-refractivity contribution in [1.29, 1.82) is 0 Å². The monoisotopic (exact) mass is 348 g/mol. The van der Waals surface area contributed by atoms with Gasteiger partial charge in [-0.15, -0.1) is 0 Å². The van der Waals surface area contributed by atoms with E-state index in [1.54, 1.807) is 36.1 Å². The molecule has 1 N–H and O–H groups in total. The van der Waals surface area contributed by atoms with Gasteiger partial charge in [-0.1, -0.05) is 0 Å². The maximum absolute atomic E-state index is 12.3. The first-order valence-electron chi connectivity index (χ1n) is 8.41. The Morgan fingerprint density at radius 1 is 1.16 bits per heavy atom. The van der Waals surface area contributed by atoms with Crippen LogP contribution in [-0.2, 0) is 19.1 Å². The maximum Gasteiger partial charge on any atom is 0.337 e. The molecule has 0 bridgehead atoms. The lowest BCUT2D eigenvalue weighted by Crippen LogP contribution is -2.43. The average Bonchev–Trinajstić information content (AvgIpc) is 2.66. The third-order valence-corrected chi connectivity index (χ3v) is 4.22. The molecule has 0 saturated carbocycles. The van der Waals surface area contributed by atoms with Gasteiger partial charge in [0.15, 0.2) is 0 Å². The number of benzene rings is 1. The number of hydrogen-bond acceptors (Lipinski definition) is 6. The number of piperidine rings is 1. The molecular formula is C18H24N2O5. The first-order valence-corrected chi connectivity index (χ1v) is 8.41. The number of methoxy groups -OCH3 is 1. The van der Waals surface area contributed by atoms with Gasteiger partial charge in [0.25, 0.3) is 0 Å². The van der Waals surface area contributed by atoms with Gasteiger partial charge in [-0.25, -0.2) is 4.79 Å². The minimum Gasteiger partial charge on any atom is -0.466 e. The summed E-state index contributed by atoms with van der Waals surface area (Å²) in [4.78, 5) is 37.1. The Hall–Kier alpha value is -2.57. The molecule has 136 valence electrons. The van der Waals surface area contributed by atoms with Gasteiger partial charge in [0, 0.05) is 18.8 Å². The van der Waals surface area contributed by atoms with Gasteiger partial charge in [0.1, 0.15) is 0 Å². The van der Waals surface area contributed by atoms with Crippen molar-refractivity contribution in [2.24, 2.45) is 5.92 Å². The summed E-state index contributed by atoms with van der Waals surface area (Å²) in [5.41, 5.74) is 1.21. The van der Waals surface area contributed by atoms with Gasteiger partial charge < -0.3 is 19.7 Å². The number of hydrogen-bond donors (Lipinski definition) is 1. The lowest BCUT2D eigenvalue weighted by atomic mass is 9.97. The number of esters is 2. The SMILES string of the molecule is CCOC(=O)C1CCN(C(=O)CNc2ccc(C(=O)OC)cc2)CC1.